The molecule has 2 heterocycles. The molecular weight excluding hydrogens is 400 g/mol. The van der Waals surface area contributed by atoms with Crippen LogP contribution in [0.4, 0.5) is 0 Å². The Morgan fingerprint density at radius 2 is 1.62 bits per heavy atom. The van der Waals surface area contributed by atoms with Gasteiger partial charge in [0.1, 0.15) is 0 Å². The summed E-state index contributed by atoms with van der Waals surface area (Å²) in [4.78, 5) is 21.5. The summed E-state index contributed by atoms with van der Waals surface area (Å²) in [7, 11) is 0. The Hall–Kier alpha value is -3.51. The highest BCUT2D eigenvalue weighted by Crippen LogP contribution is 2.27. The quantitative estimate of drug-likeness (QED) is 0.463. The molecule has 0 radical (unpaired) electrons. The number of nitrogens with zero attached hydrogens (tertiary/aromatic N) is 4. The maximum absolute atomic E-state index is 12.6. The van der Waals surface area contributed by atoms with Crippen LogP contribution in [0, 0.1) is 0 Å². The molecule has 0 aliphatic carbocycles. The van der Waals surface area contributed by atoms with Crippen LogP contribution in [0.2, 0.25) is 0 Å². The lowest BCUT2D eigenvalue weighted by atomic mass is 10.0. The summed E-state index contributed by atoms with van der Waals surface area (Å²) >= 11 is 0. The summed E-state index contributed by atoms with van der Waals surface area (Å²) < 4.78 is 5.58. The number of piperazine rings is 1. The van der Waals surface area contributed by atoms with E-state index in [0.717, 1.165) is 48.9 Å². The molecule has 1 fully saturated rings. The molecule has 0 bridgehead atoms. The largest absolute Gasteiger partial charge is 0.340 e. The molecule has 1 amide bonds. The van der Waals surface area contributed by atoms with Gasteiger partial charge in [-0.3, -0.25) is 9.69 Å². The van der Waals surface area contributed by atoms with Gasteiger partial charge < -0.3 is 9.42 Å². The highest BCUT2D eigenvalue weighted by molar-refractivity contribution is 5.94. The SMILES string of the molecule is O=C(CCc1ccccc1)N1CCN(Cc2noc(-c3cccc4ccccc34)n2)CC1. The predicted molar refractivity (Wildman–Crippen MR) is 124 cm³/mol. The van der Waals surface area contributed by atoms with Gasteiger partial charge in [-0.2, -0.15) is 4.98 Å². The number of amides is 1. The van der Waals surface area contributed by atoms with Crippen molar-refractivity contribution in [2.45, 2.75) is 19.4 Å². The second-order valence-electron chi connectivity index (χ2n) is 8.19. The van der Waals surface area contributed by atoms with E-state index < -0.39 is 0 Å². The molecule has 6 nitrogen and oxygen atoms in total. The van der Waals surface area contributed by atoms with Crippen LogP contribution in [-0.4, -0.2) is 52.0 Å². The summed E-state index contributed by atoms with van der Waals surface area (Å²) in [6, 6.07) is 24.5. The number of aromatic nitrogens is 2. The number of fused-ring (bicyclic) bond motifs is 1. The topological polar surface area (TPSA) is 62.5 Å². The molecule has 1 aliphatic rings. The lowest BCUT2D eigenvalue weighted by molar-refractivity contribution is -0.133. The Balaban J connectivity index is 1.16. The fraction of sp³-hybridized carbons (Fsp3) is 0.269. The number of rotatable bonds is 6. The van der Waals surface area contributed by atoms with Crippen LogP contribution in [0.25, 0.3) is 22.2 Å². The molecule has 1 aromatic heterocycles. The number of benzene rings is 3. The Morgan fingerprint density at radius 3 is 2.47 bits per heavy atom. The first-order valence-corrected chi connectivity index (χ1v) is 11.1. The van der Waals surface area contributed by atoms with E-state index in [1.165, 1.54) is 5.56 Å². The van der Waals surface area contributed by atoms with Crippen molar-refractivity contribution in [2.75, 3.05) is 26.2 Å². The zero-order chi connectivity index (χ0) is 21.8. The first-order valence-electron chi connectivity index (χ1n) is 11.1. The van der Waals surface area contributed by atoms with Gasteiger partial charge in [0.2, 0.25) is 5.91 Å². The zero-order valence-electron chi connectivity index (χ0n) is 18.0. The van der Waals surface area contributed by atoms with Crippen molar-refractivity contribution in [3.05, 3.63) is 84.2 Å². The Bertz CT molecular complexity index is 1190. The average Bonchev–Trinajstić information content (AvgIpc) is 3.31. The Labute approximate surface area is 187 Å². The lowest BCUT2D eigenvalue weighted by Crippen LogP contribution is -2.48. The Kier molecular flexibility index (Phi) is 5.94. The van der Waals surface area contributed by atoms with Crippen molar-refractivity contribution in [3.8, 4) is 11.5 Å². The van der Waals surface area contributed by atoms with Gasteiger partial charge in [-0.1, -0.05) is 71.9 Å². The highest BCUT2D eigenvalue weighted by Gasteiger charge is 2.22. The van der Waals surface area contributed by atoms with Gasteiger partial charge in [-0.15, -0.1) is 0 Å². The second-order valence-corrected chi connectivity index (χ2v) is 8.19. The molecule has 1 saturated heterocycles. The third-order valence-corrected chi connectivity index (χ3v) is 6.05. The van der Waals surface area contributed by atoms with E-state index in [1.807, 2.05) is 47.4 Å². The minimum absolute atomic E-state index is 0.228. The van der Waals surface area contributed by atoms with Crippen LogP contribution in [0.5, 0.6) is 0 Å². The van der Waals surface area contributed by atoms with Crippen LogP contribution < -0.4 is 0 Å². The first kappa shape index (κ1) is 20.4. The number of carbonyl (C=O) groups is 1. The van der Waals surface area contributed by atoms with Crippen molar-refractivity contribution in [3.63, 3.8) is 0 Å². The monoisotopic (exact) mass is 426 g/mol. The molecule has 0 atom stereocenters. The third-order valence-electron chi connectivity index (χ3n) is 6.05. The summed E-state index contributed by atoms with van der Waals surface area (Å²) in [5, 5.41) is 6.46. The van der Waals surface area contributed by atoms with Crippen LogP contribution >= 0.6 is 0 Å². The van der Waals surface area contributed by atoms with Gasteiger partial charge in [0, 0.05) is 38.2 Å². The molecule has 6 heteroatoms. The van der Waals surface area contributed by atoms with Gasteiger partial charge in [-0.05, 0) is 28.8 Å². The minimum atomic E-state index is 0.228. The van der Waals surface area contributed by atoms with Gasteiger partial charge in [0.15, 0.2) is 5.82 Å². The molecular formula is C26H26N4O2. The second kappa shape index (κ2) is 9.32. The van der Waals surface area contributed by atoms with E-state index in [2.05, 4.69) is 45.4 Å². The fourth-order valence-corrected chi connectivity index (χ4v) is 4.25. The zero-order valence-corrected chi connectivity index (χ0v) is 18.0. The molecule has 0 N–H and O–H groups in total. The molecule has 162 valence electrons. The Morgan fingerprint density at radius 1 is 0.875 bits per heavy atom. The normalized spacial score (nSPS) is 14.7. The van der Waals surface area contributed by atoms with Crippen molar-refractivity contribution in [1.29, 1.82) is 0 Å². The van der Waals surface area contributed by atoms with Crippen molar-refractivity contribution in [1.82, 2.24) is 19.9 Å². The van der Waals surface area contributed by atoms with E-state index in [-0.39, 0.29) is 5.91 Å². The molecule has 0 spiro atoms. The number of carbonyl (C=O) groups excluding carboxylic acids is 1. The maximum atomic E-state index is 12.6. The van der Waals surface area contributed by atoms with E-state index in [9.17, 15) is 4.79 Å². The molecule has 5 rings (SSSR count). The molecule has 32 heavy (non-hydrogen) atoms. The highest BCUT2D eigenvalue weighted by atomic mass is 16.5. The number of aryl methyl sites for hydroxylation is 1. The lowest BCUT2D eigenvalue weighted by Gasteiger charge is -2.34. The van der Waals surface area contributed by atoms with Gasteiger partial charge in [0.05, 0.1) is 6.54 Å². The first-order chi connectivity index (χ1) is 15.8. The van der Waals surface area contributed by atoms with Crippen LogP contribution in [0.15, 0.2) is 77.3 Å². The summed E-state index contributed by atoms with van der Waals surface area (Å²) in [6.45, 7) is 3.73. The van der Waals surface area contributed by atoms with Crippen molar-refractivity contribution in [2.24, 2.45) is 0 Å². The van der Waals surface area contributed by atoms with Crippen molar-refractivity contribution < 1.29 is 9.32 Å². The van der Waals surface area contributed by atoms with E-state index in [0.29, 0.717) is 24.7 Å². The van der Waals surface area contributed by atoms with Crippen LogP contribution in [0.3, 0.4) is 0 Å². The van der Waals surface area contributed by atoms with Gasteiger partial charge in [-0.25, -0.2) is 0 Å². The average molecular weight is 427 g/mol. The van der Waals surface area contributed by atoms with E-state index >= 15 is 0 Å². The molecule has 4 aromatic rings. The molecule has 0 unspecified atom stereocenters. The van der Waals surface area contributed by atoms with E-state index in [1.54, 1.807) is 0 Å². The summed E-state index contributed by atoms with van der Waals surface area (Å²) in [5.41, 5.74) is 2.16. The third kappa shape index (κ3) is 4.55. The number of hydrogen-bond donors (Lipinski definition) is 0. The minimum Gasteiger partial charge on any atom is -0.340 e. The van der Waals surface area contributed by atoms with Gasteiger partial charge >= 0.3 is 0 Å². The predicted octanol–water partition coefficient (Wildman–Crippen LogP) is 4.17. The molecule has 1 aliphatic heterocycles. The standard InChI is InChI=1S/C26H26N4O2/c31-25(14-13-20-7-2-1-3-8-20)30-17-15-29(16-18-30)19-24-27-26(32-28-24)23-12-6-10-21-9-4-5-11-22(21)23/h1-12H,13-19H2. The fourth-order valence-electron chi connectivity index (χ4n) is 4.25. The summed E-state index contributed by atoms with van der Waals surface area (Å²) in [5.74, 6) is 1.45. The smallest absolute Gasteiger partial charge is 0.258 e. The van der Waals surface area contributed by atoms with Crippen LogP contribution in [0.1, 0.15) is 17.8 Å². The van der Waals surface area contributed by atoms with Gasteiger partial charge in [0.25, 0.3) is 5.89 Å². The van der Waals surface area contributed by atoms with Crippen LogP contribution in [-0.2, 0) is 17.8 Å². The van der Waals surface area contributed by atoms with Crippen molar-refractivity contribution >= 4 is 16.7 Å². The van der Waals surface area contributed by atoms with E-state index in [4.69, 9.17) is 4.52 Å². The maximum Gasteiger partial charge on any atom is 0.258 e. The molecule has 3 aromatic carbocycles. The molecule has 0 saturated carbocycles. The summed E-state index contributed by atoms with van der Waals surface area (Å²) in [6.07, 6.45) is 1.35. The number of hydrogen-bond acceptors (Lipinski definition) is 5.